The lowest BCUT2D eigenvalue weighted by molar-refractivity contribution is -0.141. The van der Waals surface area contributed by atoms with E-state index in [0.717, 1.165) is 23.5 Å². The van der Waals surface area contributed by atoms with Crippen molar-refractivity contribution in [3.63, 3.8) is 0 Å². The fourth-order valence-corrected chi connectivity index (χ4v) is 4.45. The standard InChI is InChI=1S/C13H19N3O3S2/c1-3-4-11-16(9(7-21-11)12(17)18)13(19)14-5-10-15-8(2)6-20-10/h6,9,11H,3-5,7H2,1-2H3,(H,14,19)(H,17,18). The topological polar surface area (TPSA) is 82.5 Å². The normalized spacial score (nSPS) is 21.5. The van der Waals surface area contributed by atoms with Crippen LogP contribution in [-0.2, 0) is 11.3 Å². The van der Waals surface area contributed by atoms with Crippen molar-refractivity contribution in [2.24, 2.45) is 0 Å². The molecule has 2 amide bonds. The minimum absolute atomic E-state index is 0.0610. The lowest BCUT2D eigenvalue weighted by Crippen LogP contribution is -2.49. The van der Waals surface area contributed by atoms with Crippen molar-refractivity contribution in [1.82, 2.24) is 15.2 Å². The maximum atomic E-state index is 12.3. The van der Waals surface area contributed by atoms with E-state index in [9.17, 15) is 14.7 Å². The van der Waals surface area contributed by atoms with E-state index < -0.39 is 12.0 Å². The maximum absolute atomic E-state index is 12.3. The molecule has 6 nitrogen and oxygen atoms in total. The summed E-state index contributed by atoms with van der Waals surface area (Å²) in [6.45, 7) is 4.27. The summed E-state index contributed by atoms with van der Waals surface area (Å²) in [5.74, 6) is -0.495. The number of carboxylic acids is 1. The number of carbonyl (C=O) groups is 2. The molecule has 1 saturated heterocycles. The molecule has 1 fully saturated rings. The van der Waals surface area contributed by atoms with Crippen molar-refractivity contribution in [2.45, 2.75) is 44.6 Å². The lowest BCUT2D eigenvalue weighted by atomic mass is 10.2. The molecule has 8 heteroatoms. The summed E-state index contributed by atoms with van der Waals surface area (Å²) in [6, 6.07) is -1.07. The van der Waals surface area contributed by atoms with E-state index in [1.54, 1.807) is 0 Å². The zero-order valence-corrected chi connectivity index (χ0v) is 13.7. The van der Waals surface area contributed by atoms with Gasteiger partial charge in [0.25, 0.3) is 0 Å². The van der Waals surface area contributed by atoms with Gasteiger partial charge in [-0.05, 0) is 13.3 Å². The van der Waals surface area contributed by atoms with Crippen LogP contribution in [0.25, 0.3) is 0 Å². The van der Waals surface area contributed by atoms with Crippen LogP contribution in [0.1, 0.15) is 30.5 Å². The van der Waals surface area contributed by atoms with Crippen molar-refractivity contribution in [3.05, 3.63) is 16.1 Å². The van der Waals surface area contributed by atoms with Crippen molar-refractivity contribution < 1.29 is 14.7 Å². The monoisotopic (exact) mass is 329 g/mol. The van der Waals surface area contributed by atoms with Gasteiger partial charge in [0.05, 0.1) is 11.9 Å². The van der Waals surface area contributed by atoms with E-state index in [2.05, 4.69) is 10.3 Å². The number of amides is 2. The third kappa shape index (κ3) is 3.88. The molecular formula is C13H19N3O3S2. The van der Waals surface area contributed by atoms with Gasteiger partial charge < -0.3 is 10.4 Å². The predicted octanol–water partition coefficient (Wildman–Crippen LogP) is 2.29. The fraction of sp³-hybridized carbons (Fsp3) is 0.615. The molecule has 0 saturated carbocycles. The summed E-state index contributed by atoms with van der Waals surface area (Å²) >= 11 is 3.02. The van der Waals surface area contributed by atoms with Crippen LogP contribution in [0.5, 0.6) is 0 Å². The number of urea groups is 1. The first-order valence-corrected chi connectivity index (χ1v) is 8.77. The van der Waals surface area contributed by atoms with E-state index in [1.807, 2.05) is 19.2 Å². The first-order chi connectivity index (χ1) is 10.0. The largest absolute Gasteiger partial charge is 0.480 e. The molecule has 0 aliphatic carbocycles. The van der Waals surface area contributed by atoms with Gasteiger partial charge >= 0.3 is 12.0 Å². The summed E-state index contributed by atoms with van der Waals surface area (Å²) in [7, 11) is 0. The summed E-state index contributed by atoms with van der Waals surface area (Å²) in [5.41, 5.74) is 0.924. The van der Waals surface area contributed by atoms with E-state index in [0.29, 0.717) is 12.3 Å². The average molecular weight is 329 g/mol. The molecule has 2 heterocycles. The molecule has 0 radical (unpaired) electrons. The Balaban J connectivity index is 2.00. The number of carbonyl (C=O) groups excluding carboxylic acids is 1. The number of aryl methyl sites for hydroxylation is 1. The number of aliphatic carboxylic acids is 1. The highest BCUT2D eigenvalue weighted by Crippen LogP contribution is 2.32. The van der Waals surface area contributed by atoms with Crippen LogP contribution in [0.4, 0.5) is 4.79 Å². The van der Waals surface area contributed by atoms with Gasteiger partial charge in [-0.25, -0.2) is 14.6 Å². The van der Waals surface area contributed by atoms with Gasteiger partial charge in [-0.3, -0.25) is 4.90 Å². The van der Waals surface area contributed by atoms with Crippen LogP contribution < -0.4 is 5.32 Å². The SMILES string of the molecule is CCCC1SCC(C(=O)O)N1C(=O)NCc1nc(C)cs1. The van der Waals surface area contributed by atoms with Gasteiger partial charge in [-0.2, -0.15) is 0 Å². The van der Waals surface area contributed by atoms with Crippen LogP contribution in [0, 0.1) is 6.92 Å². The van der Waals surface area contributed by atoms with E-state index >= 15 is 0 Å². The van der Waals surface area contributed by atoms with Gasteiger partial charge in [0, 0.05) is 16.8 Å². The van der Waals surface area contributed by atoms with Crippen molar-refractivity contribution in [3.8, 4) is 0 Å². The molecule has 2 N–H and O–H groups in total. The van der Waals surface area contributed by atoms with Crippen molar-refractivity contribution >= 4 is 35.1 Å². The second-order valence-electron chi connectivity index (χ2n) is 4.88. The number of carboxylic acid groups (broad SMARTS) is 1. The first kappa shape index (κ1) is 16.1. The quantitative estimate of drug-likeness (QED) is 0.866. The molecule has 2 rings (SSSR count). The number of aromatic nitrogens is 1. The van der Waals surface area contributed by atoms with Crippen molar-refractivity contribution in [2.75, 3.05) is 5.75 Å². The second kappa shape index (κ2) is 7.13. The molecule has 1 aromatic heterocycles. The molecule has 1 aliphatic rings. The van der Waals surface area contributed by atoms with Crippen molar-refractivity contribution in [1.29, 1.82) is 0 Å². The Morgan fingerprint density at radius 3 is 2.90 bits per heavy atom. The van der Waals surface area contributed by atoms with E-state index in [-0.39, 0.29) is 11.4 Å². The highest BCUT2D eigenvalue weighted by molar-refractivity contribution is 8.00. The first-order valence-electron chi connectivity index (χ1n) is 6.84. The second-order valence-corrected chi connectivity index (χ2v) is 7.03. The average Bonchev–Trinajstić information content (AvgIpc) is 3.03. The van der Waals surface area contributed by atoms with Gasteiger partial charge in [0.2, 0.25) is 0 Å². The maximum Gasteiger partial charge on any atom is 0.327 e. The minimum Gasteiger partial charge on any atom is -0.480 e. The molecule has 1 aromatic rings. The molecule has 2 atom stereocenters. The number of rotatable bonds is 5. The number of hydrogen-bond acceptors (Lipinski definition) is 5. The molecule has 0 bridgehead atoms. The number of nitrogens with zero attached hydrogens (tertiary/aromatic N) is 2. The van der Waals surface area contributed by atoms with Crippen LogP contribution in [0.2, 0.25) is 0 Å². The van der Waals surface area contributed by atoms with Crippen LogP contribution in [0.3, 0.4) is 0 Å². The van der Waals surface area contributed by atoms with Gasteiger partial charge in [-0.15, -0.1) is 23.1 Å². The van der Waals surface area contributed by atoms with Crippen LogP contribution >= 0.6 is 23.1 Å². The van der Waals surface area contributed by atoms with Crippen LogP contribution in [-0.4, -0.2) is 44.2 Å². The number of nitrogens with one attached hydrogen (secondary N) is 1. The molecule has 1 aliphatic heterocycles. The number of thiazole rings is 1. The number of hydrogen-bond donors (Lipinski definition) is 2. The Bertz CT molecular complexity index is 521. The smallest absolute Gasteiger partial charge is 0.327 e. The fourth-order valence-electron chi connectivity index (χ4n) is 2.22. The molecule has 0 spiro atoms. The Kier molecular flexibility index (Phi) is 5.46. The van der Waals surface area contributed by atoms with Gasteiger partial charge in [-0.1, -0.05) is 13.3 Å². The highest BCUT2D eigenvalue weighted by atomic mass is 32.2. The molecule has 2 unspecified atom stereocenters. The van der Waals surface area contributed by atoms with E-state index in [1.165, 1.54) is 28.0 Å². The summed E-state index contributed by atoms with van der Waals surface area (Å²) in [6.07, 6.45) is 1.72. The Morgan fingerprint density at radius 2 is 2.33 bits per heavy atom. The van der Waals surface area contributed by atoms with E-state index in [4.69, 9.17) is 0 Å². The lowest BCUT2D eigenvalue weighted by Gasteiger charge is -2.27. The summed E-state index contributed by atoms with van der Waals surface area (Å²) < 4.78 is 0. The zero-order chi connectivity index (χ0) is 15.4. The zero-order valence-electron chi connectivity index (χ0n) is 12.0. The van der Waals surface area contributed by atoms with Crippen LogP contribution in [0.15, 0.2) is 5.38 Å². The van der Waals surface area contributed by atoms with Gasteiger partial charge in [0.15, 0.2) is 0 Å². The van der Waals surface area contributed by atoms with Gasteiger partial charge in [0.1, 0.15) is 11.0 Å². The Morgan fingerprint density at radius 1 is 1.57 bits per heavy atom. The summed E-state index contributed by atoms with van der Waals surface area (Å²) in [5, 5.41) is 14.7. The minimum atomic E-state index is -0.943. The number of thioether (sulfide) groups is 1. The third-order valence-electron chi connectivity index (χ3n) is 3.21. The highest BCUT2D eigenvalue weighted by Gasteiger charge is 2.41. The summed E-state index contributed by atoms with van der Waals surface area (Å²) in [4.78, 5) is 29.4. The molecule has 21 heavy (non-hydrogen) atoms. The molecular weight excluding hydrogens is 310 g/mol. The molecule has 116 valence electrons. The molecule has 0 aromatic carbocycles. The predicted molar refractivity (Wildman–Crippen MR) is 83.5 cm³/mol. The third-order valence-corrected chi connectivity index (χ3v) is 5.53. The Labute approximate surface area is 131 Å². The Hall–Kier alpha value is -1.28.